The number of para-hydroxylation sites is 1. The molecule has 1 aliphatic rings. The first-order valence-corrected chi connectivity index (χ1v) is 8.15. The minimum Gasteiger partial charge on any atom is -0.481 e. The average Bonchev–Trinajstić information content (AvgIpc) is 2.56. The SMILES string of the molecule is COc1cc(CC(=O)N2CCCCCc3ccccc32)ccn1. The van der Waals surface area contributed by atoms with Crippen LogP contribution in [0.2, 0.25) is 0 Å². The van der Waals surface area contributed by atoms with Crippen LogP contribution in [0, 0.1) is 0 Å². The summed E-state index contributed by atoms with van der Waals surface area (Å²) >= 11 is 0. The van der Waals surface area contributed by atoms with Crippen molar-refractivity contribution in [3.8, 4) is 5.88 Å². The second-order valence-corrected chi connectivity index (χ2v) is 5.87. The molecular weight excluding hydrogens is 288 g/mol. The van der Waals surface area contributed by atoms with Gasteiger partial charge in [-0.1, -0.05) is 24.6 Å². The third-order valence-corrected chi connectivity index (χ3v) is 4.28. The largest absolute Gasteiger partial charge is 0.481 e. The molecule has 0 radical (unpaired) electrons. The van der Waals surface area contributed by atoms with Gasteiger partial charge in [0.2, 0.25) is 11.8 Å². The van der Waals surface area contributed by atoms with E-state index in [0.717, 1.165) is 30.6 Å². The minimum absolute atomic E-state index is 0.132. The summed E-state index contributed by atoms with van der Waals surface area (Å²) in [5.41, 5.74) is 3.27. The normalized spacial score (nSPS) is 14.6. The van der Waals surface area contributed by atoms with E-state index in [1.807, 2.05) is 23.1 Å². The number of nitrogens with zero attached hydrogens (tertiary/aromatic N) is 2. The number of rotatable bonds is 3. The first-order valence-electron chi connectivity index (χ1n) is 8.15. The van der Waals surface area contributed by atoms with Crippen molar-refractivity contribution in [3.05, 3.63) is 53.7 Å². The molecule has 0 N–H and O–H groups in total. The standard InChI is InChI=1S/C19H22N2O2/c1-23-18-13-15(10-11-20-18)14-19(22)21-12-6-2-3-7-16-8-4-5-9-17(16)21/h4-5,8-11,13H,2-3,6-7,12,14H2,1H3. The van der Waals surface area contributed by atoms with Gasteiger partial charge in [0.25, 0.3) is 0 Å². The number of pyridine rings is 1. The Morgan fingerprint density at radius 1 is 1.22 bits per heavy atom. The highest BCUT2D eigenvalue weighted by atomic mass is 16.5. The molecule has 1 aromatic heterocycles. The van der Waals surface area contributed by atoms with Crippen LogP contribution in [0.4, 0.5) is 5.69 Å². The zero-order valence-electron chi connectivity index (χ0n) is 13.5. The summed E-state index contributed by atoms with van der Waals surface area (Å²) < 4.78 is 5.14. The van der Waals surface area contributed by atoms with Gasteiger partial charge in [-0.2, -0.15) is 0 Å². The Morgan fingerprint density at radius 3 is 2.96 bits per heavy atom. The molecule has 1 aromatic carbocycles. The molecule has 2 aromatic rings. The summed E-state index contributed by atoms with van der Waals surface area (Å²) in [5.74, 6) is 0.677. The number of methoxy groups -OCH3 is 1. The summed E-state index contributed by atoms with van der Waals surface area (Å²) in [4.78, 5) is 18.9. The van der Waals surface area contributed by atoms with Gasteiger partial charge in [-0.25, -0.2) is 4.98 Å². The van der Waals surface area contributed by atoms with Crippen LogP contribution >= 0.6 is 0 Å². The Balaban J connectivity index is 1.83. The lowest BCUT2D eigenvalue weighted by Crippen LogP contribution is -2.34. The van der Waals surface area contributed by atoms with Crippen LogP contribution in [0.25, 0.3) is 0 Å². The fourth-order valence-corrected chi connectivity index (χ4v) is 3.07. The van der Waals surface area contributed by atoms with Crippen molar-refractivity contribution in [3.63, 3.8) is 0 Å². The summed E-state index contributed by atoms with van der Waals surface area (Å²) in [6.45, 7) is 0.790. The number of hydrogen-bond donors (Lipinski definition) is 0. The first kappa shape index (κ1) is 15.5. The van der Waals surface area contributed by atoms with E-state index in [-0.39, 0.29) is 5.91 Å². The summed E-state index contributed by atoms with van der Waals surface area (Å²) in [6.07, 6.45) is 6.51. The van der Waals surface area contributed by atoms with E-state index in [1.165, 1.54) is 18.4 Å². The van der Waals surface area contributed by atoms with Gasteiger partial charge in [0, 0.05) is 24.5 Å². The second kappa shape index (κ2) is 7.27. The smallest absolute Gasteiger partial charge is 0.231 e. The van der Waals surface area contributed by atoms with Crippen molar-refractivity contribution in [2.75, 3.05) is 18.6 Å². The van der Waals surface area contributed by atoms with Crippen LogP contribution in [0.1, 0.15) is 30.4 Å². The number of benzene rings is 1. The topological polar surface area (TPSA) is 42.4 Å². The minimum atomic E-state index is 0.132. The molecule has 4 nitrogen and oxygen atoms in total. The molecule has 0 spiro atoms. The average molecular weight is 310 g/mol. The molecule has 1 amide bonds. The van der Waals surface area contributed by atoms with E-state index < -0.39 is 0 Å². The molecule has 3 rings (SSSR count). The third kappa shape index (κ3) is 3.70. The molecule has 0 atom stereocenters. The number of aryl methyl sites for hydroxylation is 1. The van der Waals surface area contributed by atoms with Crippen LogP contribution in [-0.4, -0.2) is 24.5 Å². The molecule has 120 valence electrons. The van der Waals surface area contributed by atoms with Crippen LogP contribution in [0.15, 0.2) is 42.6 Å². The highest BCUT2D eigenvalue weighted by Gasteiger charge is 2.20. The zero-order valence-corrected chi connectivity index (χ0v) is 13.5. The fourth-order valence-electron chi connectivity index (χ4n) is 3.07. The zero-order chi connectivity index (χ0) is 16.1. The monoisotopic (exact) mass is 310 g/mol. The van der Waals surface area contributed by atoms with Gasteiger partial charge in [-0.05, 0) is 42.5 Å². The van der Waals surface area contributed by atoms with Crippen molar-refractivity contribution in [1.82, 2.24) is 4.98 Å². The number of ether oxygens (including phenoxy) is 1. The molecule has 4 heteroatoms. The maximum atomic E-state index is 12.9. The van der Waals surface area contributed by atoms with E-state index in [2.05, 4.69) is 23.2 Å². The van der Waals surface area contributed by atoms with E-state index >= 15 is 0 Å². The predicted molar refractivity (Wildman–Crippen MR) is 90.8 cm³/mol. The molecular formula is C19H22N2O2. The van der Waals surface area contributed by atoms with Crippen molar-refractivity contribution >= 4 is 11.6 Å². The lowest BCUT2D eigenvalue weighted by molar-refractivity contribution is -0.118. The third-order valence-electron chi connectivity index (χ3n) is 4.28. The van der Waals surface area contributed by atoms with Crippen LogP contribution in [0.3, 0.4) is 0 Å². The van der Waals surface area contributed by atoms with Gasteiger partial charge in [-0.15, -0.1) is 0 Å². The molecule has 0 saturated carbocycles. The number of carbonyl (C=O) groups is 1. The highest BCUT2D eigenvalue weighted by molar-refractivity contribution is 5.95. The van der Waals surface area contributed by atoms with Crippen molar-refractivity contribution in [2.24, 2.45) is 0 Å². The van der Waals surface area contributed by atoms with Gasteiger partial charge in [0.1, 0.15) is 0 Å². The Bertz CT molecular complexity index is 685. The number of anilines is 1. The Morgan fingerprint density at radius 2 is 2.09 bits per heavy atom. The van der Waals surface area contributed by atoms with E-state index in [4.69, 9.17) is 4.74 Å². The molecule has 0 fully saturated rings. The quantitative estimate of drug-likeness (QED) is 0.872. The first-order chi connectivity index (χ1) is 11.3. The van der Waals surface area contributed by atoms with E-state index in [1.54, 1.807) is 13.3 Å². The Labute approximate surface area is 137 Å². The van der Waals surface area contributed by atoms with E-state index in [0.29, 0.717) is 12.3 Å². The van der Waals surface area contributed by atoms with Crippen molar-refractivity contribution in [2.45, 2.75) is 32.1 Å². The van der Waals surface area contributed by atoms with Gasteiger partial charge < -0.3 is 9.64 Å². The van der Waals surface area contributed by atoms with Gasteiger partial charge in [-0.3, -0.25) is 4.79 Å². The summed E-state index contributed by atoms with van der Waals surface area (Å²) in [6, 6.07) is 12.0. The second-order valence-electron chi connectivity index (χ2n) is 5.87. The Hall–Kier alpha value is -2.36. The number of hydrogen-bond acceptors (Lipinski definition) is 3. The molecule has 0 aliphatic carbocycles. The summed E-state index contributed by atoms with van der Waals surface area (Å²) in [5, 5.41) is 0. The van der Waals surface area contributed by atoms with Crippen LogP contribution in [-0.2, 0) is 17.6 Å². The summed E-state index contributed by atoms with van der Waals surface area (Å²) in [7, 11) is 1.59. The molecule has 23 heavy (non-hydrogen) atoms. The predicted octanol–water partition coefficient (Wildman–Crippen LogP) is 3.39. The van der Waals surface area contributed by atoms with E-state index in [9.17, 15) is 4.79 Å². The number of carbonyl (C=O) groups excluding carboxylic acids is 1. The molecule has 0 unspecified atom stereocenters. The van der Waals surface area contributed by atoms with Crippen molar-refractivity contribution in [1.29, 1.82) is 0 Å². The molecule has 0 saturated heterocycles. The number of aromatic nitrogens is 1. The highest BCUT2D eigenvalue weighted by Crippen LogP contribution is 2.26. The van der Waals surface area contributed by atoms with Gasteiger partial charge in [0.15, 0.2) is 0 Å². The molecule has 1 aliphatic heterocycles. The lowest BCUT2D eigenvalue weighted by atomic mass is 10.0. The maximum absolute atomic E-state index is 12.9. The molecule has 2 heterocycles. The molecule has 0 bridgehead atoms. The lowest BCUT2D eigenvalue weighted by Gasteiger charge is -2.27. The Kier molecular flexibility index (Phi) is 4.91. The van der Waals surface area contributed by atoms with Gasteiger partial charge in [0.05, 0.1) is 13.5 Å². The fraction of sp³-hybridized carbons (Fsp3) is 0.368. The van der Waals surface area contributed by atoms with Crippen molar-refractivity contribution < 1.29 is 9.53 Å². The number of fused-ring (bicyclic) bond motifs is 1. The van der Waals surface area contributed by atoms with Crippen LogP contribution in [0.5, 0.6) is 5.88 Å². The van der Waals surface area contributed by atoms with Gasteiger partial charge >= 0.3 is 0 Å². The van der Waals surface area contributed by atoms with Crippen LogP contribution < -0.4 is 9.64 Å². The maximum Gasteiger partial charge on any atom is 0.231 e. The number of amides is 1.